The SMILES string of the molecule is O=C(N/N=C/c1cccc(Cl)c1Cl)c1cc(-c2cccs2)[nH]c(=O)n1. The highest BCUT2D eigenvalue weighted by molar-refractivity contribution is 7.13. The molecule has 1 amide bonds. The predicted molar refractivity (Wildman–Crippen MR) is 99.7 cm³/mol. The van der Waals surface area contributed by atoms with Gasteiger partial charge in [-0.3, -0.25) is 4.79 Å². The van der Waals surface area contributed by atoms with Crippen molar-refractivity contribution in [3.8, 4) is 10.6 Å². The molecule has 9 heteroatoms. The minimum absolute atomic E-state index is 0.0403. The lowest BCUT2D eigenvalue weighted by Crippen LogP contribution is -2.24. The third-order valence-corrected chi connectivity index (χ3v) is 4.85. The smallest absolute Gasteiger partial charge is 0.305 e. The zero-order chi connectivity index (χ0) is 17.8. The maximum Gasteiger partial charge on any atom is 0.346 e. The number of hydrogen-bond acceptors (Lipinski definition) is 5. The molecule has 0 aliphatic carbocycles. The first-order chi connectivity index (χ1) is 12.0. The van der Waals surface area contributed by atoms with Gasteiger partial charge in [-0.2, -0.15) is 10.1 Å². The first kappa shape index (κ1) is 17.3. The quantitative estimate of drug-likeness (QED) is 0.525. The number of aromatic nitrogens is 2. The van der Waals surface area contributed by atoms with E-state index >= 15 is 0 Å². The summed E-state index contributed by atoms with van der Waals surface area (Å²) in [7, 11) is 0. The van der Waals surface area contributed by atoms with Gasteiger partial charge in [0, 0.05) is 5.56 Å². The van der Waals surface area contributed by atoms with Crippen LogP contribution in [0.2, 0.25) is 10.0 Å². The number of rotatable bonds is 4. The van der Waals surface area contributed by atoms with E-state index in [1.54, 1.807) is 18.2 Å². The molecule has 0 bridgehead atoms. The topological polar surface area (TPSA) is 87.2 Å². The fourth-order valence-corrected chi connectivity index (χ4v) is 3.03. The Balaban J connectivity index is 1.79. The summed E-state index contributed by atoms with van der Waals surface area (Å²) in [4.78, 5) is 30.9. The van der Waals surface area contributed by atoms with Crippen LogP contribution in [0, 0.1) is 0 Å². The van der Waals surface area contributed by atoms with E-state index in [9.17, 15) is 9.59 Å². The number of hydrogen-bond donors (Lipinski definition) is 2. The third kappa shape index (κ3) is 4.14. The summed E-state index contributed by atoms with van der Waals surface area (Å²) in [6, 6.07) is 10.2. The summed E-state index contributed by atoms with van der Waals surface area (Å²) in [6.45, 7) is 0. The molecule has 0 radical (unpaired) electrons. The highest BCUT2D eigenvalue weighted by Crippen LogP contribution is 2.24. The first-order valence-electron chi connectivity index (χ1n) is 6.97. The van der Waals surface area contributed by atoms with E-state index in [-0.39, 0.29) is 5.69 Å². The van der Waals surface area contributed by atoms with Crippen molar-refractivity contribution in [2.24, 2.45) is 5.10 Å². The zero-order valence-electron chi connectivity index (χ0n) is 12.5. The number of aromatic amines is 1. The number of amides is 1. The highest BCUT2D eigenvalue weighted by Gasteiger charge is 2.11. The Hall–Kier alpha value is -2.48. The van der Waals surface area contributed by atoms with Crippen LogP contribution in [0.15, 0.2) is 51.7 Å². The standard InChI is InChI=1S/C16H10Cl2N4O2S/c17-10-4-1-3-9(14(10)18)8-19-22-15(23)12-7-11(20-16(24)21-12)13-5-2-6-25-13/h1-8H,(H,22,23)(H,20,21,24)/b19-8+. The van der Waals surface area contributed by atoms with Crippen molar-refractivity contribution in [2.75, 3.05) is 0 Å². The van der Waals surface area contributed by atoms with E-state index < -0.39 is 11.6 Å². The van der Waals surface area contributed by atoms with Gasteiger partial charge in [-0.25, -0.2) is 10.2 Å². The summed E-state index contributed by atoms with van der Waals surface area (Å²) in [6.07, 6.45) is 1.36. The van der Waals surface area contributed by atoms with E-state index in [2.05, 4.69) is 20.5 Å². The molecule has 0 saturated heterocycles. The van der Waals surface area contributed by atoms with Crippen LogP contribution in [-0.4, -0.2) is 22.1 Å². The Morgan fingerprint density at radius 1 is 1.28 bits per heavy atom. The van der Waals surface area contributed by atoms with Crippen molar-refractivity contribution in [3.63, 3.8) is 0 Å². The van der Waals surface area contributed by atoms with Crippen LogP contribution in [0.5, 0.6) is 0 Å². The van der Waals surface area contributed by atoms with Crippen molar-refractivity contribution >= 4 is 46.7 Å². The maximum atomic E-state index is 12.2. The Morgan fingerprint density at radius 3 is 2.88 bits per heavy atom. The Labute approximate surface area is 156 Å². The number of thiophene rings is 1. The molecule has 1 aromatic carbocycles. The molecule has 3 rings (SSSR count). The number of nitrogens with one attached hydrogen (secondary N) is 2. The van der Waals surface area contributed by atoms with Gasteiger partial charge in [-0.1, -0.05) is 41.4 Å². The van der Waals surface area contributed by atoms with Gasteiger partial charge in [0.1, 0.15) is 5.69 Å². The second kappa shape index (κ2) is 7.60. The summed E-state index contributed by atoms with van der Waals surface area (Å²) in [5.74, 6) is -0.613. The molecule has 2 aromatic heterocycles. The van der Waals surface area contributed by atoms with Crippen molar-refractivity contribution in [1.82, 2.24) is 15.4 Å². The molecule has 0 fully saturated rings. The molecule has 0 aliphatic heterocycles. The number of benzene rings is 1. The molecule has 3 aromatic rings. The lowest BCUT2D eigenvalue weighted by Gasteiger charge is -2.02. The second-order valence-corrected chi connectivity index (χ2v) is 6.54. The van der Waals surface area contributed by atoms with Crippen LogP contribution in [0.4, 0.5) is 0 Å². The highest BCUT2D eigenvalue weighted by atomic mass is 35.5. The fourth-order valence-electron chi connectivity index (χ4n) is 1.98. The predicted octanol–water partition coefficient (Wildman–Crippen LogP) is 3.57. The summed E-state index contributed by atoms with van der Waals surface area (Å²) in [5, 5.41) is 6.41. The second-order valence-electron chi connectivity index (χ2n) is 4.80. The molecule has 0 aliphatic rings. The number of hydrazone groups is 1. The van der Waals surface area contributed by atoms with Gasteiger partial charge in [-0.05, 0) is 23.6 Å². The number of carbonyl (C=O) groups is 1. The van der Waals surface area contributed by atoms with E-state index in [0.717, 1.165) is 4.88 Å². The lowest BCUT2D eigenvalue weighted by atomic mass is 10.2. The summed E-state index contributed by atoms with van der Waals surface area (Å²) >= 11 is 13.4. The van der Waals surface area contributed by atoms with Crippen molar-refractivity contribution in [3.05, 3.63) is 73.6 Å². The van der Waals surface area contributed by atoms with Gasteiger partial charge < -0.3 is 4.98 Å². The van der Waals surface area contributed by atoms with Gasteiger partial charge >= 0.3 is 5.69 Å². The van der Waals surface area contributed by atoms with Crippen LogP contribution in [0.3, 0.4) is 0 Å². The van der Waals surface area contributed by atoms with E-state index in [0.29, 0.717) is 21.3 Å². The summed E-state index contributed by atoms with van der Waals surface area (Å²) < 4.78 is 0. The van der Waals surface area contributed by atoms with Gasteiger partial charge in [0.15, 0.2) is 0 Å². The lowest BCUT2D eigenvalue weighted by molar-refractivity contribution is 0.0949. The van der Waals surface area contributed by atoms with Gasteiger partial charge in [-0.15, -0.1) is 11.3 Å². The van der Waals surface area contributed by atoms with Crippen molar-refractivity contribution in [2.45, 2.75) is 0 Å². The number of carbonyl (C=O) groups excluding carboxylic acids is 1. The average Bonchev–Trinajstić information content (AvgIpc) is 3.12. The van der Waals surface area contributed by atoms with Crippen molar-refractivity contribution < 1.29 is 4.79 Å². The molecule has 0 atom stereocenters. The Kier molecular flexibility index (Phi) is 5.28. The third-order valence-electron chi connectivity index (χ3n) is 3.12. The largest absolute Gasteiger partial charge is 0.346 e. The molecule has 0 saturated carbocycles. The van der Waals surface area contributed by atoms with Crippen LogP contribution in [-0.2, 0) is 0 Å². The Bertz CT molecular complexity index is 1000. The Morgan fingerprint density at radius 2 is 2.12 bits per heavy atom. The van der Waals surface area contributed by atoms with Gasteiger partial charge in [0.05, 0.1) is 26.8 Å². The minimum atomic E-state index is -0.613. The maximum absolute atomic E-state index is 12.2. The monoisotopic (exact) mass is 392 g/mol. The molecule has 126 valence electrons. The van der Waals surface area contributed by atoms with Gasteiger partial charge in [0.2, 0.25) is 0 Å². The number of H-pyrrole nitrogens is 1. The normalized spacial score (nSPS) is 11.0. The zero-order valence-corrected chi connectivity index (χ0v) is 14.8. The van der Waals surface area contributed by atoms with Gasteiger partial charge in [0.25, 0.3) is 5.91 Å². The van der Waals surface area contributed by atoms with E-state index in [4.69, 9.17) is 23.2 Å². The van der Waals surface area contributed by atoms with E-state index in [1.807, 2.05) is 17.5 Å². The molecule has 0 unspecified atom stereocenters. The molecule has 6 nitrogen and oxygen atoms in total. The molecule has 25 heavy (non-hydrogen) atoms. The molecule has 0 spiro atoms. The molecule has 2 heterocycles. The van der Waals surface area contributed by atoms with Crippen LogP contribution in [0.1, 0.15) is 16.1 Å². The van der Waals surface area contributed by atoms with Crippen molar-refractivity contribution in [1.29, 1.82) is 0 Å². The van der Waals surface area contributed by atoms with Crippen LogP contribution in [0.25, 0.3) is 10.6 Å². The molecule has 2 N–H and O–H groups in total. The number of nitrogens with zero attached hydrogens (tertiary/aromatic N) is 2. The number of halogens is 2. The summed E-state index contributed by atoms with van der Waals surface area (Å²) in [5.41, 5.74) is 2.72. The molecular weight excluding hydrogens is 383 g/mol. The van der Waals surface area contributed by atoms with Crippen LogP contribution >= 0.6 is 34.5 Å². The van der Waals surface area contributed by atoms with Crippen LogP contribution < -0.4 is 11.1 Å². The fraction of sp³-hybridized carbons (Fsp3) is 0. The minimum Gasteiger partial charge on any atom is -0.305 e. The first-order valence-corrected chi connectivity index (χ1v) is 8.61. The average molecular weight is 393 g/mol. The van der Waals surface area contributed by atoms with E-state index in [1.165, 1.54) is 23.6 Å². The molecular formula is C16H10Cl2N4O2S.